The van der Waals surface area contributed by atoms with E-state index in [0.29, 0.717) is 42.6 Å². The quantitative estimate of drug-likeness (QED) is 0.306. The second kappa shape index (κ2) is 11.9. The second-order valence-electron chi connectivity index (χ2n) is 12.5. The molecule has 2 aromatic carbocycles. The molecule has 2 aliphatic carbocycles. The van der Waals surface area contributed by atoms with Crippen LogP contribution in [0.2, 0.25) is 0 Å². The van der Waals surface area contributed by atoms with Crippen LogP contribution in [0.1, 0.15) is 70.8 Å². The Morgan fingerprint density at radius 1 is 1.05 bits per heavy atom. The van der Waals surface area contributed by atoms with E-state index in [-0.39, 0.29) is 23.8 Å². The molecule has 0 saturated heterocycles. The smallest absolute Gasteiger partial charge is 0.225 e. The van der Waals surface area contributed by atoms with E-state index in [1.54, 1.807) is 19.2 Å². The lowest BCUT2D eigenvalue weighted by molar-refractivity contribution is -0.132. The first-order chi connectivity index (χ1) is 20.0. The zero-order chi connectivity index (χ0) is 30.1. The van der Waals surface area contributed by atoms with Crippen molar-refractivity contribution in [2.75, 3.05) is 12.4 Å². The molecule has 5 rings (SSSR count). The fourth-order valence-corrected chi connectivity index (χ4v) is 6.84. The number of nitrogens with zero attached hydrogens (tertiary/aromatic N) is 2. The van der Waals surface area contributed by atoms with Crippen molar-refractivity contribution in [2.24, 2.45) is 11.7 Å². The first-order valence-corrected chi connectivity index (χ1v) is 14.9. The average molecular weight is 573 g/mol. The van der Waals surface area contributed by atoms with Crippen LogP contribution in [0.15, 0.2) is 60.8 Å². The molecule has 4 N–H and O–H groups in total. The Hall–Kier alpha value is -3.62. The van der Waals surface area contributed by atoms with Gasteiger partial charge in [0.25, 0.3) is 0 Å². The maximum absolute atomic E-state index is 15.4. The summed E-state index contributed by atoms with van der Waals surface area (Å²) in [6, 6.07) is 16.8. The zero-order valence-corrected chi connectivity index (χ0v) is 24.7. The van der Waals surface area contributed by atoms with Gasteiger partial charge in [-0.15, -0.1) is 0 Å². The maximum atomic E-state index is 15.4. The number of aliphatic hydroxyl groups is 1. The highest BCUT2D eigenvalue weighted by Gasteiger charge is 2.50. The fraction of sp³-hybridized carbons (Fsp3) is 0.441. The van der Waals surface area contributed by atoms with E-state index >= 15 is 4.39 Å². The van der Waals surface area contributed by atoms with Gasteiger partial charge in [-0.3, -0.25) is 9.59 Å². The number of pyridine rings is 1. The van der Waals surface area contributed by atoms with Gasteiger partial charge in [-0.2, -0.15) is 0 Å². The number of aromatic nitrogens is 1. The molecule has 0 bridgehead atoms. The Morgan fingerprint density at radius 3 is 2.36 bits per heavy atom. The lowest BCUT2D eigenvalue weighted by Gasteiger charge is -2.49. The Morgan fingerprint density at radius 2 is 1.74 bits per heavy atom. The summed E-state index contributed by atoms with van der Waals surface area (Å²) in [6.07, 6.45) is 6.82. The van der Waals surface area contributed by atoms with Gasteiger partial charge in [0.15, 0.2) is 0 Å². The summed E-state index contributed by atoms with van der Waals surface area (Å²) in [5.74, 6) is 0.373. The summed E-state index contributed by atoms with van der Waals surface area (Å²) in [6.45, 7) is 3.59. The molecular formula is C34H41FN4O3. The highest BCUT2D eigenvalue weighted by molar-refractivity contribution is 5.92. The monoisotopic (exact) mass is 572 g/mol. The summed E-state index contributed by atoms with van der Waals surface area (Å²) in [7, 11) is 1.88. The Balaban J connectivity index is 1.31. The molecule has 3 aromatic rings. The molecule has 2 saturated carbocycles. The third-order valence-corrected chi connectivity index (χ3v) is 9.00. The average Bonchev–Trinajstić information content (AvgIpc) is 2.96. The minimum Gasteiger partial charge on any atom is -0.390 e. The number of carbonyl (C=O) groups excluding carboxylic acids is 2. The van der Waals surface area contributed by atoms with Crippen molar-refractivity contribution in [3.8, 4) is 22.3 Å². The van der Waals surface area contributed by atoms with Gasteiger partial charge in [0.2, 0.25) is 11.8 Å². The number of hydrogen-bond donors (Lipinski definition) is 3. The maximum Gasteiger partial charge on any atom is 0.225 e. The van der Waals surface area contributed by atoms with Crippen LogP contribution >= 0.6 is 0 Å². The molecule has 0 aliphatic heterocycles. The molecular weight excluding hydrogens is 531 g/mol. The minimum atomic E-state index is -0.886. The molecule has 0 radical (unpaired) electrons. The van der Waals surface area contributed by atoms with E-state index in [2.05, 4.69) is 10.3 Å². The van der Waals surface area contributed by atoms with E-state index < -0.39 is 17.0 Å². The molecule has 0 unspecified atom stereocenters. The van der Waals surface area contributed by atoms with E-state index in [4.69, 9.17) is 5.73 Å². The first-order valence-electron chi connectivity index (χ1n) is 14.9. The number of amides is 2. The molecule has 2 amide bonds. The number of nitrogens with two attached hydrogens (primary N) is 1. The predicted molar refractivity (Wildman–Crippen MR) is 163 cm³/mol. The zero-order valence-electron chi connectivity index (χ0n) is 24.7. The van der Waals surface area contributed by atoms with Gasteiger partial charge in [-0.1, -0.05) is 49.4 Å². The number of nitrogens with one attached hydrogen (secondary N) is 1. The topological polar surface area (TPSA) is 109 Å². The van der Waals surface area contributed by atoms with Crippen LogP contribution in [0, 0.1) is 11.7 Å². The summed E-state index contributed by atoms with van der Waals surface area (Å²) in [5, 5.41) is 13.2. The fourth-order valence-electron chi connectivity index (χ4n) is 6.84. The van der Waals surface area contributed by atoms with E-state index in [1.807, 2.05) is 61.3 Å². The molecule has 42 heavy (non-hydrogen) atoms. The lowest BCUT2D eigenvalue weighted by Crippen LogP contribution is -2.58. The van der Waals surface area contributed by atoms with Gasteiger partial charge in [-0.05, 0) is 80.2 Å². The number of rotatable bonds is 8. The van der Waals surface area contributed by atoms with Crippen LogP contribution in [0.3, 0.4) is 0 Å². The summed E-state index contributed by atoms with van der Waals surface area (Å²) < 4.78 is 15.4. The number of anilines is 1. The third kappa shape index (κ3) is 6.40. The van der Waals surface area contributed by atoms with Gasteiger partial charge < -0.3 is 21.1 Å². The van der Waals surface area contributed by atoms with Gasteiger partial charge >= 0.3 is 0 Å². The summed E-state index contributed by atoms with van der Waals surface area (Å²) >= 11 is 0. The Kier molecular flexibility index (Phi) is 8.49. The number of carbonyl (C=O) groups is 2. The first kappa shape index (κ1) is 29.9. The van der Waals surface area contributed by atoms with Crippen molar-refractivity contribution in [3.63, 3.8) is 0 Å². The van der Waals surface area contributed by atoms with Crippen LogP contribution < -0.4 is 11.1 Å². The Labute approximate surface area is 247 Å². The highest BCUT2D eigenvalue weighted by Crippen LogP contribution is 2.47. The highest BCUT2D eigenvalue weighted by atomic mass is 19.1. The number of benzene rings is 2. The van der Waals surface area contributed by atoms with Crippen LogP contribution in [-0.2, 0) is 15.1 Å². The van der Waals surface area contributed by atoms with E-state index in [1.165, 1.54) is 6.07 Å². The predicted octanol–water partition coefficient (Wildman–Crippen LogP) is 6.01. The van der Waals surface area contributed by atoms with E-state index in [9.17, 15) is 14.7 Å². The molecule has 7 nitrogen and oxygen atoms in total. The van der Waals surface area contributed by atoms with Gasteiger partial charge in [0, 0.05) is 48.8 Å². The van der Waals surface area contributed by atoms with E-state index in [0.717, 1.165) is 42.4 Å². The third-order valence-electron chi connectivity index (χ3n) is 9.00. The molecule has 2 aliphatic rings. The van der Waals surface area contributed by atoms with Crippen molar-refractivity contribution >= 4 is 17.6 Å². The number of hydrogen-bond acceptors (Lipinski definition) is 5. The largest absolute Gasteiger partial charge is 0.390 e. The minimum absolute atomic E-state index is 0.0873. The van der Waals surface area contributed by atoms with Crippen molar-refractivity contribution in [1.29, 1.82) is 0 Å². The molecule has 0 atom stereocenters. The molecule has 2 fully saturated rings. The lowest BCUT2D eigenvalue weighted by atomic mass is 9.63. The normalized spacial score (nSPS) is 25.4. The summed E-state index contributed by atoms with van der Waals surface area (Å²) in [4.78, 5) is 31.5. The Bertz CT molecular complexity index is 1440. The van der Waals surface area contributed by atoms with Crippen LogP contribution in [0.5, 0.6) is 0 Å². The molecule has 0 spiro atoms. The van der Waals surface area contributed by atoms with Gasteiger partial charge in [-0.25, -0.2) is 9.37 Å². The van der Waals surface area contributed by atoms with Crippen molar-refractivity contribution in [2.45, 2.75) is 82.4 Å². The second-order valence-corrected chi connectivity index (χ2v) is 12.5. The standard InChI is InChI=1S/C34H41FN4O3/c1-4-32(41)39(3)25-13-10-22(11-14-25)16-31(40)38-30-18-26(23-8-6-5-7-9-23)27(19-37-30)24-12-15-28(29(35)17-24)34(36)20-33(2,42)21-34/h5-9,12,15,17-19,22,25,42H,4,10-11,13-14,16,20-21,36H2,1-3H3,(H,37,38,40)/t22?,25?,33-,34-. The van der Waals surface area contributed by atoms with Crippen LogP contribution in [0.4, 0.5) is 10.2 Å². The molecule has 1 aromatic heterocycles. The van der Waals surface area contributed by atoms with Gasteiger partial charge in [0.05, 0.1) is 5.60 Å². The molecule has 8 heteroatoms. The summed E-state index contributed by atoms with van der Waals surface area (Å²) in [5.41, 5.74) is 8.18. The SMILES string of the molecule is CCC(=O)N(C)C1CCC(CC(=O)Nc2cc(-c3ccccc3)c(-c3ccc([C@]4(N)C[C@](C)(O)C4)c(F)c3)cn2)CC1. The van der Waals surface area contributed by atoms with Crippen LogP contribution in [-0.4, -0.2) is 45.5 Å². The van der Waals surface area contributed by atoms with Crippen LogP contribution in [0.25, 0.3) is 22.3 Å². The number of halogens is 1. The van der Waals surface area contributed by atoms with Gasteiger partial charge in [0.1, 0.15) is 11.6 Å². The molecule has 222 valence electrons. The molecule has 1 heterocycles. The van der Waals surface area contributed by atoms with Crippen molar-refractivity contribution in [1.82, 2.24) is 9.88 Å². The van der Waals surface area contributed by atoms with Crippen molar-refractivity contribution in [3.05, 3.63) is 72.2 Å². The van der Waals surface area contributed by atoms with Crippen molar-refractivity contribution < 1.29 is 19.1 Å².